The third-order valence-corrected chi connectivity index (χ3v) is 3.84. The molecule has 0 spiro atoms. The molecule has 0 fully saturated rings. The Morgan fingerprint density at radius 3 is 2.91 bits per heavy atom. The second-order valence-corrected chi connectivity index (χ2v) is 5.52. The molecule has 2 aromatic rings. The van der Waals surface area contributed by atoms with E-state index in [1.54, 1.807) is 12.1 Å². The molecule has 2 aromatic carbocycles. The van der Waals surface area contributed by atoms with Crippen molar-refractivity contribution in [2.45, 2.75) is 13.5 Å². The molecule has 3 rings (SSSR count). The second-order valence-electron chi connectivity index (χ2n) is 5.52. The number of fused-ring (bicyclic) bond motifs is 1. The largest absolute Gasteiger partial charge is 0.490 e. The molecule has 0 unspecified atom stereocenters. The fourth-order valence-electron chi connectivity index (χ4n) is 2.73. The Bertz CT molecular complexity index is 696. The third kappa shape index (κ3) is 2.97. The quantitative estimate of drug-likeness (QED) is 0.881. The smallest absolute Gasteiger partial charge is 0.188 e. The molecule has 1 heterocycles. The zero-order valence-electron chi connectivity index (χ0n) is 12.6. The number of carbonyl (C=O) groups excluding carboxylic acids is 1. The predicted molar refractivity (Wildman–Crippen MR) is 85.6 cm³/mol. The van der Waals surface area contributed by atoms with Gasteiger partial charge in [-0.3, -0.25) is 4.79 Å². The van der Waals surface area contributed by atoms with Crippen LogP contribution in [0.15, 0.2) is 42.5 Å². The minimum absolute atomic E-state index is 0.274. The molecular formula is C18H19NO3. The number of hydrogen-bond acceptors (Lipinski definition) is 4. The monoisotopic (exact) mass is 297 g/mol. The number of aryl methyl sites for hydroxylation is 1. The van der Waals surface area contributed by atoms with Crippen LogP contribution in [0.4, 0.5) is 5.69 Å². The summed E-state index contributed by atoms with van der Waals surface area (Å²) in [5, 5.41) is 9.03. The van der Waals surface area contributed by atoms with E-state index in [1.165, 1.54) is 11.1 Å². The van der Waals surface area contributed by atoms with Crippen LogP contribution in [0.3, 0.4) is 0 Å². The molecule has 0 bridgehead atoms. The molecule has 1 N–H and O–H groups in total. The first-order valence-corrected chi connectivity index (χ1v) is 7.39. The summed E-state index contributed by atoms with van der Waals surface area (Å²) in [6.07, 6.45) is 0. The topological polar surface area (TPSA) is 49.8 Å². The molecule has 114 valence electrons. The molecule has 22 heavy (non-hydrogen) atoms. The lowest BCUT2D eigenvalue weighted by Crippen LogP contribution is -2.32. The van der Waals surface area contributed by atoms with E-state index in [9.17, 15) is 4.79 Å². The standard InChI is InChI=1S/C18H19NO3/c1-13-3-2-4-14(9-13)11-19-7-8-22-18-6-5-15(10-16(18)19)17(21)12-20/h2-6,9-10,20H,7-8,11-12H2,1H3. The van der Waals surface area contributed by atoms with Crippen molar-refractivity contribution in [1.29, 1.82) is 0 Å². The molecule has 0 saturated carbocycles. The van der Waals surface area contributed by atoms with E-state index in [4.69, 9.17) is 9.84 Å². The Labute approximate surface area is 130 Å². The maximum absolute atomic E-state index is 11.7. The van der Waals surface area contributed by atoms with Gasteiger partial charge in [-0.15, -0.1) is 0 Å². The second kappa shape index (κ2) is 6.20. The van der Waals surface area contributed by atoms with Crippen LogP contribution in [0.5, 0.6) is 5.75 Å². The molecule has 4 heteroatoms. The van der Waals surface area contributed by atoms with Crippen LogP contribution in [-0.4, -0.2) is 30.6 Å². The van der Waals surface area contributed by atoms with E-state index in [0.717, 1.165) is 24.5 Å². The molecule has 4 nitrogen and oxygen atoms in total. The van der Waals surface area contributed by atoms with E-state index in [0.29, 0.717) is 12.2 Å². The van der Waals surface area contributed by atoms with Gasteiger partial charge in [0.2, 0.25) is 0 Å². The highest BCUT2D eigenvalue weighted by Crippen LogP contribution is 2.33. The van der Waals surface area contributed by atoms with E-state index in [2.05, 4.69) is 36.1 Å². The van der Waals surface area contributed by atoms with Gasteiger partial charge in [0.15, 0.2) is 5.78 Å². The fourth-order valence-corrected chi connectivity index (χ4v) is 2.73. The number of anilines is 1. The van der Waals surface area contributed by atoms with Gasteiger partial charge in [0.25, 0.3) is 0 Å². The zero-order valence-corrected chi connectivity index (χ0v) is 12.6. The maximum atomic E-state index is 11.7. The summed E-state index contributed by atoms with van der Waals surface area (Å²) in [6.45, 7) is 3.78. The highest BCUT2D eigenvalue weighted by Gasteiger charge is 2.20. The van der Waals surface area contributed by atoms with E-state index >= 15 is 0 Å². The molecule has 0 saturated heterocycles. The number of carbonyl (C=O) groups is 1. The minimum atomic E-state index is -0.475. The Balaban J connectivity index is 1.91. The minimum Gasteiger partial charge on any atom is -0.490 e. The van der Waals surface area contributed by atoms with Gasteiger partial charge in [0.05, 0.1) is 12.2 Å². The molecule has 0 amide bonds. The van der Waals surface area contributed by atoms with Crippen LogP contribution in [0, 0.1) is 6.92 Å². The highest BCUT2D eigenvalue weighted by atomic mass is 16.5. The van der Waals surface area contributed by atoms with Crippen molar-refractivity contribution in [3.8, 4) is 5.75 Å². The SMILES string of the molecule is Cc1cccc(CN2CCOc3ccc(C(=O)CO)cc32)c1. The molecule has 0 aliphatic carbocycles. The number of ether oxygens (including phenoxy) is 1. The number of aliphatic hydroxyl groups is 1. The lowest BCUT2D eigenvalue weighted by atomic mass is 10.1. The van der Waals surface area contributed by atoms with Gasteiger partial charge in [-0.05, 0) is 30.7 Å². The number of nitrogens with zero attached hydrogens (tertiary/aromatic N) is 1. The van der Waals surface area contributed by atoms with Gasteiger partial charge < -0.3 is 14.7 Å². The van der Waals surface area contributed by atoms with Gasteiger partial charge in [-0.25, -0.2) is 0 Å². The molecule has 0 atom stereocenters. The highest BCUT2D eigenvalue weighted by molar-refractivity contribution is 5.98. The van der Waals surface area contributed by atoms with E-state index < -0.39 is 6.61 Å². The number of ketones is 1. The van der Waals surface area contributed by atoms with Crippen molar-refractivity contribution in [2.75, 3.05) is 24.7 Å². The average molecular weight is 297 g/mol. The van der Waals surface area contributed by atoms with Crippen LogP contribution in [0.1, 0.15) is 21.5 Å². The Kier molecular flexibility index (Phi) is 4.11. The number of Topliss-reactive ketones (excluding diaryl/α,β-unsaturated/α-hetero) is 1. The normalized spacial score (nSPS) is 13.5. The van der Waals surface area contributed by atoms with Crippen molar-refractivity contribution in [3.05, 3.63) is 59.2 Å². The number of benzene rings is 2. The summed E-state index contributed by atoms with van der Waals surface area (Å²) in [4.78, 5) is 13.9. The maximum Gasteiger partial charge on any atom is 0.188 e. The first-order valence-electron chi connectivity index (χ1n) is 7.39. The van der Waals surface area contributed by atoms with Crippen LogP contribution in [0.2, 0.25) is 0 Å². The number of rotatable bonds is 4. The summed E-state index contributed by atoms with van der Waals surface area (Å²) < 4.78 is 5.67. The van der Waals surface area contributed by atoms with Crippen LogP contribution < -0.4 is 9.64 Å². The van der Waals surface area contributed by atoms with Gasteiger partial charge in [0, 0.05) is 12.1 Å². The molecular weight excluding hydrogens is 278 g/mol. The summed E-state index contributed by atoms with van der Waals surface area (Å²) in [6, 6.07) is 13.7. The van der Waals surface area contributed by atoms with Gasteiger partial charge in [0.1, 0.15) is 19.0 Å². The molecule has 1 aliphatic rings. The summed E-state index contributed by atoms with van der Waals surface area (Å²) in [5.74, 6) is 0.511. The average Bonchev–Trinajstić information content (AvgIpc) is 2.54. The molecule has 0 radical (unpaired) electrons. The van der Waals surface area contributed by atoms with Crippen LogP contribution >= 0.6 is 0 Å². The van der Waals surface area contributed by atoms with Gasteiger partial charge in [-0.2, -0.15) is 0 Å². The lowest BCUT2D eigenvalue weighted by Gasteiger charge is -2.31. The molecule has 0 aromatic heterocycles. The zero-order chi connectivity index (χ0) is 15.5. The fraction of sp³-hybridized carbons (Fsp3) is 0.278. The third-order valence-electron chi connectivity index (χ3n) is 3.84. The molecule has 1 aliphatic heterocycles. The van der Waals surface area contributed by atoms with E-state index in [-0.39, 0.29) is 5.78 Å². The van der Waals surface area contributed by atoms with Crippen molar-refractivity contribution in [1.82, 2.24) is 0 Å². The van der Waals surface area contributed by atoms with Gasteiger partial charge in [-0.1, -0.05) is 29.8 Å². The summed E-state index contributed by atoms with van der Waals surface area (Å²) in [7, 11) is 0. The lowest BCUT2D eigenvalue weighted by molar-refractivity contribution is 0.0903. The van der Waals surface area contributed by atoms with Gasteiger partial charge >= 0.3 is 0 Å². The Morgan fingerprint density at radius 1 is 1.27 bits per heavy atom. The van der Waals surface area contributed by atoms with Crippen LogP contribution in [0.25, 0.3) is 0 Å². The summed E-state index contributed by atoms with van der Waals surface area (Å²) >= 11 is 0. The summed E-state index contributed by atoms with van der Waals surface area (Å²) in [5.41, 5.74) is 3.88. The van der Waals surface area contributed by atoms with Crippen molar-refractivity contribution >= 4 is 11.5 Å². The first-order chi connectivity index (χ1) is 10.7. The van der Waals surface area contributed by atoms with Crippen LogP contribution in [-0.2, 0) is 6.54 Å². The van der Waals surface area contributed by atoms with E-state index in [1.807, 2.05) is 6.07 Å². The van der Waals surface area contributed by atoms with Crippen molar-refractivity contribution in [3.63, 3.8) is 0 Å². The van der Waals surface area contributed by atoms with Crippen molar-refractivity contribution < 1.29 is 14.6 Å². The Hall–Kier alpha value is -2.33. The number of aliphatic hydroxyl groups excluding tert-OH is 1. The Morgan fingerprint density at radius 2 is 2.14 bits per heavy atom. The predicted octanol–water partition coefficient (Wildman–Crippen LogP) is 2.57. The number of hydrogen-bond donors (Lipinski definition) is 1. The first kappa shape index (κ1) is 14.6. The van der Waals surface area contributed by atoms with Crippen molar-refractivity contribution in [2.24, 2.45) is 0 Å².